The van der Waals surface area contributed by atoms with Crippen molar-refractivity contribution in [3.63, 3.8) is 0 Å². The van der Waals surface area contributed by atoms with Gasteiger partial charge < -0.3 is 15.3 Å². The molecule has 0 aromatic rings. The maximum absolute atomic E-state index is 11.1. The van der Waals surface area contributed by atoms with E-state index in [1.165, 1.54) is 0 Å². The lowest BCUT2D eigenvalue weighted by Crippen LogP contribution is -2.38. The molecule has 0 aliphatic rings. The smallest absolute Gasteiger partial charge is 0.220 e. The molecule has 0 aliphatic carbocycles. The molecule has 84 valence electrons. The Morgan fingerprint density at radius 1 is 1.50 bits per heavy atom. The van der Waals surface area contributed by atoms with Crippen LogP contribution < -0.4 is 5.32 Å². The fourth-order valence-electron chi connectivity index (χ4n) is 1.10. The van der Waals surface area contributed by atoms with E-state index in [4.69, 9.17) is 0 Å². The van der Waals surface area contributed by atoms with Gasteiger partial charge in [-0.25, -0.2) is 0 Å². The summed E-state index contributed by atoms with van der Waals surface area (Å²) in [6, 6.07) is 0. The van der Waals surface area contributed by atoms with E-state index in [1.54, 1.807) is 0 Å². The first kappa shape index (κ1) is 13.4. The molecule has 14 heavy (non-hydrogen) atoms. The quantitative estimate of drug-likeness (QED) is 0.621. The number of carbonyl (C=O) groups is 1. The van der Waals surface area contributed by atoms with Crippen molar-refractivity contribution in [3.8, 4) is 0 Å². The maximum Gasteiger partial charge on any atom is 0.220 e. The van der Waals surface area contributed by atoms with E-state index in [-0.39, 0.29) is 5.91 Å². The lowest BCUT2D eigenvalue weighted by molar-refractivity contribution is -0.121. The van der Waals surface area contributed by atoms with Crippen molar-refractivity contribution in [2.75, 3.05) is 26.7 Å². The van der Waals surface area contributed by atoms with E-state index in [2.05, 4.69) is 5.32 Å². The van der Waals surface area contributed by atoms with Gasteiger partial charge in [-0.05, 0) is 20.0 Å². The number of likely N-dealkylation sites (N-methyl/N-ethyl adjacent to an activating group) is 1. The zero-order valence-electron chi connectivity index (χ0n) is 9.42. The van der Waals surface area contributed by atoms with E-state index < -0.39 is 6.10 Å². The Kier molecular flexibility index (Phi) is 7.42. The average Bonchev–Trinajstić information content (AvgIpc) is 2.15. The second kappa shape index (κ2) is 7.76. The third kappa shape index (κ3) is 6.86. The van der Waals surface area contributed by atoms with Crippen LogP contribution >= 0.6 is 0 Å². The molecule has 0 heterocycles. The zero-order chi connectivity index (χ0) is 11.0. The minimum absolute atomic E-state index is 0.0192. The normalized spacial score (nSPS) is 12.9. The number of aliphatic hydroxyl groups is 1. The average molecular weight is 202 g/mol. The first-order chi connectivity index (χ1) is 6.60. The van der Waals surface area contributed by atoms with Gasteiger partial charge in [0.1, 0.15) is 0 Å². The zero-order valence-corrected chi connectivity index (χ0v) is 9.42. The van der Waals surface area contributed by atoms with Crippen molar-refractivity contribution >= 4 is 5.91 Å². The monoisotopic (exact) mass is 202 g/mol. The minimum Gasteiger partial charge on any atom is -0.390 e. The van der Waals surface area contributed by atoms with Crippen LogP contribution in [0.2, 0.25) is 0 Å². The Balaban J connectivity index is 3.52. The number of carbonyl (C=O) groups excluding carboxylic acids is 1. The molecular formula is C10H22N2O2. The third-order valence-electron chi connectivity index (χ3n) is 2.07. The molecule has 0 aliphatic heterocycles. The van der Waals surface area contributed by atoms with Gasteiger partial charge in [0.2, 0.25) is 5.91 Å². The van der Waals surface area contributed by atoms with Crippen molar-refractivity contribution in [2.45, 2.75) is 32.8 Å². The number of hydrogen-bond acceptors (Lipinski definition) is 3. The molecule has 0 unspecified atom stereocenters. The Morgan fingerprint density at radius 2 is 2.14 bits per heavy atom. The van der Waals surface area contributed by atoms with E-state index in [0.29, 0.717) is 19.5 Å². The van der Waals surface area contributed by atoms with Gasteiger partial charge in [0.25, 0.3) is 0 Å². The molecule has 4 heteroatoms. The molecule has 4 nitrogen and oxygen atoms in total. The van der Waals surface area contributed by atoms with Crippen LogP contribution in [-0.2, 0) is 4.79 Å². The summed E-state index contributed by atoms with van der Waals surface area (Å²) < 4.78 is 0. The number of nitrogens with one attached hydrogen (secondary N) is 1. The van der Waals surface area contributed by atoms with Gasteiger partial charge in [-0.1, -0.05) is 13.8 Å². The Hall–Kier alpha value is -0.610. The van der Waals surface area contributed by atoms with E-state index in [0.717, 1.165) is 13.0 Å². The van der Waals surface area contributed by atoms with Crippen LogP contribution in [-0.4, -0.2) is 48.7 Å². The lowest BCUT2D eigenvalue weighted by Gasteiger charge is -2.18. The highest BCUT2D eigenvalue weighted by atomic mass is 16.3. The molecule has 0 rings (SSSR count). The van der Waals surface area contributed by atoms with E-state index in [9.17, 15) is 9.90 Å². The predicted molar refractivity (Wildman–Crippen MR) is 57.1 cm³/mol. The topological polar surface area (TPSA) is 52.6 Å². The van der Waals surface area contributed by atoms with Gasteiger partial charge in [0.05, 0.1) is 6.10 Å². The largest absolute Gasteiger partial charge is 0.390 e. The fourth-order valence-corrected chi connectivity index (χ4v) is 1.10. The van der Waals surface area contributed by atoms with E-state index >= 15 is 0 Å². The molecule has 0 saturated carbocycles. The number of rotatable bonds is 7. The molecule has 0 bridgehead atoms. The molecule has 0 fully saturated rings. The summed E-state index contributed by atoms with van der Waals surface area (Å²) in [5.74, 6) is 0.0192. The standard InChI is InChI=1S/C10H22N2O2/c1-4-6-10(14)11-7-9(13)8-12(3)5-2/h9,13H,4-8H2,1-3H3,(H,11,14)/t9-/m1/s1. The van der Waals surface area contributed by atoms with Crippen molar-refractivity contribution in [3.05, 3.63) is 0 Å². The summed E-state index contributed by atoms with van der Waals surface area (Å²) >= 11 is 0. The summed E-state index contributed by atoms with van der Waals surface area (Å²) in [7, 11) is 1.94. The SMILES string of the molecule is CCCC(=O)NC[C@@H](O)CN(C)CC. The molecule has 0 aromatic carbocycles. The van der Waals surface area contributed by atoms with Crippen LogP contribution in [0.5, 0.6) is 0 Å². The second-order valence-electron chi connectivity index (χ2n) is 3.56. The minimum atomic E-state index is -0.472. The van der Waals surface area contributed by atoms with Crippen LogP contribution in [0.25, 0.3) is 0 Å². The van der Waals surface area contributed by atoms with Gasteiger partial charge in [0.15, 0.2) is 0 Å². The molecule has 2 N–H and O–H groups in total. The summed E-state index contributed by atoms with van der Waals surface area (Å²) in [5.41, 5.74) is 0. The number of nitrogens with zero attached hydrogens (tertiary/aromatic N) is 1. The Morgan fingerprint density at radius 3 is 2.64 bits per heavy atom. The summed E-state index contributed by atoms with van der Waals surface area (Å²) in [5, 5.41) is 12.2. The Labute approximate surface area is 86.3 Å². The van der Waals surface area contributed by atoms with Gasteiger partial charge in [-0.15, -0.1) is 0 Å². The second-order valence-corrected chi connectivity index (χ2v) is 3.56. The van der Waals surface area contributed by atoms with Gasteiger partial charge >= 0.3 is 0 Å². The van der Waals surface area contributed by atoms with Crippen LogP contribution in [0.3, 0.4) is 0 Å². The highest BCUT2D eigenvalue weighted by molar-refractivity contribution is 5.75. The number of aliphatic hydroxyl groups excluding tert-OH is 1. The fraction of sp³-hybridized carbons (Fsp3) is 0.900. The first-order valence-electron chi connectivity index (χ1n) is 5.23. The van der Waals surface area contributed by atoms with Crippen molar-refractivity contribution in [1.29, 1.82) is 0 Å². The highest BCUT2D eigenvalue weighted by Gasteiger charge is 2.08. The summed E-state index contributed by atoms with van der Waals surface area (Å²) in [4.78, 5) is 13.1. The van der Waals surface area contributed by atoms with Crippen molar-refractivity contribution in [1.82, 2.24) is 10.2 Å². The molecule has 0 aromatic heterocycles. The van der Waals surface area contributed by atoms with Crippen molar-refractivity contribution in [2.24, 2.45) is 0 Å². The van der Waals surface area contributed by atoms with Crippen molar-refractivity contribution < 1.29 is 9.90 Å². The van der Waals surface area contributed by atoms with Crippen LogP contribution in [0.4, 0.5) is 0 Å². The predicted octanol–water partition coefficient (Wildman–Crippen LogP) is 0.215. The lowest BCUT2D eigenvalue weighted by atomic mass is 10.3. The molecule has 1 atom stereocenters. The maximum atomic E-state index is 11.1. The molecular weight excluding hydrogens is 180 g/mol. The molecule has 0 radical (unpaired) electrons. The highest BCUT2D eigenvalue weighted by Crippen LogP contribution is 1.89. The molecule has 0 spiro atoms. The van der Waals surface area contributed by atoms with Crippen LogP contribution in [0, 0.1) is 0 Å². The number of hydrogen-bond donors (Lipinski definition) is 2. The van der Waals surface area contributed by atoms with Crippen LogP contribution in [0.15, 0.2) is 0 Å². The van der Waals surface area contributed by atoms with Gasteiger partial charge in [-0.2, -0.15) is 0 Å². The summed E-state index contributed by atoms with van der Waals surface area (Å²) in [6.45, 7) is 5.84. The molecule has 1 amide bonds. The molecule has 0 saturated heterocycles. The first-order valence-corrected chi connectivity index (χ1v) is 5.23. The Bertz CT molecular complexity index is 162. The van der Waals surface area contributed by atoms with E-state index in [1.807, 2.05) is 25.8 Å². The van der Waals surface area contributed by atoms with Gasteiger partial charge in [0, 0.05) is 19.5 Å². The van der Waals surface area contributed by atoms with Crippen LogP contribution in [0.1, 0.15) is 26.7 Å². The van der Waals surface area contributed by atoms with Gasteiger partial charge in [-0.3, -0.25) is 4.79 Å². The number of amides is 1. The summed E-state index contributed by atoms with van der Waals surface area (Å²) in [6.07, 6.45) is 0.911. The third-order valence-corrected chi connectivity index (χ3v) is 2.07.